The molecular formula is C16H25F2N. The predicted molar refractivity (Wildman–Crippen MR) is 76.1 cm³/mol. The Hall–Kier alpha value is -0.960. The van der Waals surface area contributed by atoms with Gasteiger partial charge in [0.25, 0.3) is 0 Å². The molecule has 0 amide bonds. The second kappa shape index (κ2) is 8.26. The Labute approximate surface area is 115 Å². The van der Waals surface area contributed by atoms with Crippen LogP contribution < -0.4 is 5.32 Å². The monoisotopic (exact) mass is 269 g/mol. The molecule has 0 aliphatic rings. The molecule has 0 bridgehead atoms. The second-order valence-corrected chi connectivity index (χ2v) is 5.13. The Balaban J connectivity index is 2.82. The van der Waals surface area contributed by atoms with Crippen molar-refractivity contribution in [2.45, 2.75) is 52.0 Å². The summed E-state index contributed by atoms with van der Waals surface area (Å²) in [5, 5.41) is 3.06. The van der Waals surface area contributed by atoms with Gasteiger partial charge in [-0.2, -0.15) is 0 Å². The van der Waals surface area contributed by atoms with Crippen LogP contribution in [0.15, 0.2) is 18.2 Å². The van der Waals surface area contributed by atoms with Gasteiger partial charge in [0, 0.05) is 11.6 Å². The number of rotatable bonds is 8. The predicted octanol–water partition coefficient (Wildman–Crippen LogP) is 4.83. The van der Waals surface area contributed by atoms with Crippen molar-refractivity contribution in [1.82, 2.24) is 5.32 Å². The number of hydrogen-bond acceptors (Lipinski definition) is 1. The highest BCUT2D eigenvalue weighted by Crippen LogP contribution is 2.29. The molecule has 0 aliphatic heterocycles. The van der Waals surface area contributed by atoms with Crippen LogP contribution in [0.2, 0.25) is 0 Å². The standard InChI is InChI=1S/C16H25F2N/c1-4-6-8-12(5-2)11-15(19-3)16-13(17)9-7-10-14(16)18/h7,9-10,12,15,19H,4-6,8,11H2,1-3H3. The van der Waals surface area contributed by atoms with Crippen LogP contribution in [0.3, 0.4) is 0 Å². The van der Waals surface area contributed by atoms with Crippen LogP contribution in [-0.2, 0) is 0 Å². The fraction of sp³-hybridized carbons (Fsp3) is 0.625. The van der Waals surface area contributed by atoms with Gasteiger partial charge < -0.3 is 5.32 Å². The van der Waals surface area contributed by atoms with E-state index in [1.807, 2.05) is 0 Å². The number of benzene rings is 1. The quantitative estimate of drug-likeness (QED) is 0.712. The van der Waals surface area contributed by atoms with Crippen LogP contribution in [0.4, 0.5) is 8.78 Å². The fourth-order valence-electron chi connectivity index (χ4n) is 2.54. The zero-order chi connectivity index (χ0) is 14.3. The lowest BCUT2D eigenvalue weighted by Crippen LogP contribution is -2.22. The molecule has 0 saturated carbocycles. The molecule has 108 valence electrons. The molecule has 2 unspecified atom stereocenters. The van der Waals surface area contributed by atoms with Gasteiger partial charge in [-0.15, -0.1) is 0 Å². The summed E-state index contributed by atoms with van der Waals surface area (Å²) in [7, 11) is 1.77. The molecular weight excluding hydrogens is 244 g/mol. The third kappa shape index (κ3) is 4.57. The fourth-order valence-corrected chi connectivity index (χ4v) is 2.54. The molecule has 0 heterocycles. The summed E-state index contributed by atoms with van der Waals surface area (Å²) in [6, 6.07) is 3.82. The van der Waals surface area contributed by atoms with Crippen molar-refractivity contribution in [1.29, 1.82) is 0 Å². The third-order valence-electron chi connectivity index (χ3n) is 3.81. The molecule has 1 aromatic carbocycles. The highest BCUT2D eigenvalue weighted by Gasteiger charge is 2.21. The molecule has 0 aliphatic carbocycles. The molecule has 0 saturated heterocycles. The zero-order valence-electron chi connectivity index (χ0n) is 12.2. The Bertz CT molecular complexity index is 359. The third-order valence-corrected chi connectivity index (χ3v) is 3.81. The van der Waals surface area contributed by atoms with Gasteiger partial charge in [0.1, 0.15) is 11.6 Å². The highest BCUT2D eigenvalue weighted by atomic mass is 19.1. The van der Waals surface area contributed by atoms with E-state index in [0.717, 1.165) is 25.7 Å². The van der Waals surface area contributed by atoms with Crippen molar-refractivity contribution < 1.29 is 8.78 Å². The van der Waals surface area contributed by atoms with E-state index >= 15 is 0 Å². The molecule has 1 rings (SSSR count). The maximum absolute atomic E-state index is 13.8. The first-order chi connectivity index (χ1) is 9.13. The van der Waals surface area contributed by atoms with Gasteiger partial charge in [0.05, 0.1) is 0 Å². The molecule has 19 heavy (non-hydrogen) atoms. The molecule has 1 aromatic rings. The Kier molecular flexibility index (Phi) is 7.00. The van der Waals surface area contributed by atoms with Gasteiger partial charge in [-0.3, -0.25) is 0 Å². The van der Waals surface area contributed by atoms with Crippen molar-refractivity contribution in [3.8, 4) is 0 Å². The highest BCUT2D eigenvalue weighted by molar-refractivity contribution is 5.23. The van der Waals surface area contributed by atoms with Crippen molar-refractivity contribution in [3.05, 3.63) is 35.4 Å². The number of unbranched alkanes of at least 4 members (excludes halogenated alkanes) is 1. The first-order valence-corrected chi connectivity index (χ1v) is 7.25. The molecule has 1 nitrogen and oxygen atoms in total. The van der Waals surface area contributed by atoms with Crippen LogP contribution in [-0.4, -0.2) is 7.05 Å². The van der Waals surface area contributed by atoms with E-state index < -0.39 is 11.6 Å². The summed E-state index contributed by atoms with van der Waals surface area (Å²) < 4.78 is 27.6. The number of nitrogens with one attached hydrogen (secondary N) is 1. The lowest BCUT2D eigenvalue weighted by atomic mass is 9.89. The lowest BCUT2D eigenvalue weighted by Gasteiger charge is -2.23. The van der Waals surface area contributed by atoms with Crippen LogP contribution >= 0.6 is 0 Å². The summed E-state index contributed by atoms with van der Waals surface area (Å²) in [4.78, 5) is 0. The Morgan fingerprint density at radius 2 is 1.79 bits per heavy atom. The van der Waals surface area contributed by atoms with Crippen molar-refractivity contribution in [3.63, 3.8) is 0 Å². The second-order valence-electron chi connectivity index (χ2n) is 5.13. The molecule has 3 heteroatoms. The topological polar surface area (TPSA) is 12.0 Å². The average Bonchev–Trinajstić information content (AvgIpc) is 2.41. The summed E-state index contributed by atoms with van der Waals surface area (Å²) in [5.41, 5.74) is 0.181. The zero-order valence-corrected chi connectivity index (χ0v) is 12.2. The summed E-state index contributed by atoms with van der Waals surface area (Å²) in [5.74, 6) is -0.397. The number of hydrogen-bond donors (Lipinski definition) is 1. The molecule has 0 spiro atoms. The number of halogens is 2. The van der Waals surface area contributed by atoms with Crippen molar-refractivity contribution in [2.75, 3.05) is 7.05 Å². The van der Waals surface area contributed by atoms with E-state index in [-0.39, 0.29) is 11.6 Å². The first-order valence-electron chi connectivity index (χ1n) is 7.25. The van der Waals surface area contributed by atoms with Crippen molar-refractivity contribution >= 4 is 0 Å². The van der Waals surface area contributed by atoms with E-state index in [4.69, 9.17) is 0 Å². The normalized spacial score (nSPS) is 14.4. The average molecular weight is 269 g/mol. The minimum absolute atomic E-state index is 0.181. The Morgan fingerprint density at radius 1 is 1.16 bits per heavy atom. The van der Waals surface area contributed by atoms with Crippen LogP contribution in [0.25, 0.3) is 0 Å². The van der Waals surface area contributed by atoms with Gasteiger partial charge in [-0.25, -0.2) is 8.78 Å². The van der Waals surface area contributed by atoms with Crippen LogP contribution in [0.5, 0.6) is 0 Å². The van der Waals surface area contributed by atoms with Gasteiger partial charge in [0.15, 0.2) is 0 Å². The summed E-state index contributed by atoms with van der Waals surface area (Å²) in [6.45, 7) is 4.31. The van der Waals surface area contributed by atoms with E-state index in [2.05, 4.69) is 19.2 Å². The Morgan fingerprint density at radius 3 is 2.26 bits per heavy atom. The van der Waals surface area contributed by atoms with Gasteiger partial charge in [-0.05, 0) is 31.5 Å². The lowest BCUT2D eigenvalue weighted by molar-refractivity contribution is 0.351. The maximum atomic E-state index is 13.8. The van der Waals surface area contributed by atoms with Gasteiger partial charge in [-0.1, -0.05) is 45.6 Å². The summed E-state index contributed by atoms with van der Waals surface area (Å²) in [6.07, 6.45) is 5.30. The molecule has 0 radical (unpaired) electrons. The van der Waals surface area contributed by atoms with Crippen molar-refractivity contribution in [2.24, 2.45) is 5.92 Å². The van der Waals surface area contributed by atoms with Crippen LogP contribution in [0.1, 0.15) is 57.6 Å². The largest absolute Gasteiger partial charge is 0.313 e. The minimum atomic E-state index is -0.454. The van der Waals surface area contributed by atoms with E-state index in [1.165, 1.54) is 24.6 Å². The molecule has 1 N–H and O–H groups in total. The SMILES string of the molecule is CCCCC(CC)CC(NC)c1c(F)cccc1F. The van der Waals surface area contributed by atoms with E-state index in [1.54, 1.807) is 7.05 Å². The molecule has 0 aromatic heterocycles. The molecule has 2 atom stereocenters. The van der Waals surface area contributed by atoms with Gasteiger partial charge in [0.2, 0.25) is 0 Å². The van der Waals surface area contributed by atoms with Gasteiger partial charge >= 0.3 is 0 Å². The minimum Gasteiger partial charge on any atom is -0.313 e. The van der Waals surface area contributed by atoms with E-state index in [9.17, 15) is 8.78 Å². The van der Waals surface area contributed by atoms with E-state index in [0.29, 0.717) is 5.92 Å². The smallest absolute Gasteiger partial charge is 0.130 e. The first kappa shape index (κ1) is 16.1. The maximum Gasteiger partial charge on any atom is 0.130 e. The van der Waals surface area contributed by atoms with Crippen LogP contribution in [0, 0.1) is 17.6 Å². The molecule has 0 fully saturated rings. The summed E-state index contributed by atoms with van der Waals surface area (Å²) >= 11 is 0.